The van der Waals surface area contributed by atoms with Crippen molar-refractivity contribution in [3.63, 3.8) is 0 Å². The number of pyridine rings is 1. The quantitative estimate of drug-likeness (QED) is 0.281. The Morgan fingerprint density at radius 2 is 2.06 bits per heavy atom. The van der Waals surface area contributed by atoms with Crippen molar-refractivity contribution >= 4 is 35.6 Å². The van der Waals surface area contributed by atoms with Gasteiger partial charge in [-0.15, -0.1) is 24.0 Å². The summed E-state index contributed by atoms with van der Waals surface area (Å²) in [6.07, 6.45) is 6.62. The number of hydrogen-bond donors (Lipinski definition) is 2. The fraction of sp³-hybridized carbons (Fsp3) is 0.348. The molecule has 1 fully saturated rings. The number of ether oxygens (including phenoxy) is 1. The Labute approximate surface area is 206 Å². The molecule has 0 spiro atoms. The van der Waals surface area contributed by atoms with Gasteiger partial charge < -0.3 is 20.3 Å². The number of hydrogen-bond acceptors (Lipinski definition) is 5. The van der Waals surface area contributed by atoms with E-state index in [9.17, 15) is 0 Å². The van der Waals surface area contributed by atoms with Gasteiger partial charge in [0.1, 0.15) is 17.4 Å². The number of para-hydroxylation sites is 2. The second-order valence-electron chi connectivity index (χ2n) is 7.54. The summed E-state index contributed by atoms with van der Waals surface area (Å²) in [5, 5.41) is 6.93. The summed E-state index contributed by atoms with van der Waals surface area (Å²) in [7, 11) is 3.51. The zero-order chi connectivity index (χ0) is 21.6. The molecule has 1 unspecified atom stereocenters. The van der Waals surface area contributed by atoms with E-state index in [4.69, 9.17) is 4.74 Å². The number of benzene rings is 1. The molecular formula is C23H30IN7O. The maximum atomic E-state index is 5.51. The lowest BCUT2D eigenvalue weighted by Gasteiger charge is -2.22. The van der Waals surface area contributed by atoms with Crippen molar-refractivity contribution in [2.24, 2.45) is 4.99 Å². The number of methoxy groups -OCH3 is 1. The van der Waals surface area contributed by atoms with Crippen LogP contribution in [0.25, 0.3) is 5.82 Å². The summed E-state index contributed by atoms with van der Waals surface area (Å²) < 4.78 is 7.48. The first-order chi connectivity index (χ1) is 15.2. The predicted molar refractivity (Wildman–Crippen MR) is 138 cm³/mol. The lowest BCUT2D eigenvalue weighted by molar-refractivity contribution is 0.415. The maximum Gasteiger partial charge on any atom is 0.191 e. The van der Waals surface area contributed by atoms with Crippen LogP contribution in [0.3, 0.4) is 0 Å². The number of aliphatic imine (C=N–C) groups is 1. The second kappa shape index (κ2) is 11.2. The molecule has 1 saturated heterocycles. The third-order valence-electron chi connectivity index (χ3n) is 5.52. The molecule has 2 N–H and O–H groups in total. The van der Waals surface area contributed by atoms with Crippen molar-refractivity contribution in [3.8, 4) is 11.6 Å². The molecular weight excluding hydrogens is 517 g/mol. The minimum absolute atomic E-state index is 0. The molecule has 0 radical (unpaired) electrons. The van der Waals surface area contributed by atoms with Crippen LogP contribution in [-0.4, -0.2) is 53.8 Å². The Morgan fingerprint density at radius 1 is 1.22 bits per heavy atom. The van der Waals surface area contributed by atoms with Gasteiger partial charge in [0.25, 0.3) is 0 Å². The SMILES string of the molecule is CN=C(NCc1ccc(-n2ccnc2C)nc1)NC1CCN(c2ccccc2OC)C1.I. The fourth-order valence-electron chi connectivity index (χ4n) is 3.85. The Kier molecular flexibility index (Phi) is 8.32. The number of nitrogens with zero attached hydrogens (tertiary/aromatic N) is 5. The number of halogens is 1. The van der Waals surface area contributed by atoms with Gasteiger partial charge in [0.05, 0.1) is 12.8 Å². The topological polar surface area (TPSA) is 79.6 Å². The van der Waals surface area contributed by atoms with E-state index in [1.54, 1.807) is 20.4 Å². The molecule has 3 aromatic rings. The van der Waals surface area contributed by atoms with E-state index < -0.39 is 0 Å². The summed E-state index contributed by atoms with van der Waals surface area (Å²) >= 11 is 0. The zero-order valence-electron chi connectivity index (χ0n) is 18.7. The summed E-state index contributed by atoms with van der Waals surface area (Å²) in [5.74, 6) is 3.49. The third-order valence-corrected chi connectivity index (χ3v) is 5.52. The van der Waals surface area contributed by atoms with E-state index >= 15 is 0 Å². The molecule has 3 heterocycles. The van der Waals surface area contributed by atoms with Gasteiger partial charge in [0.15, 0.2) is 5.96 Å². The summed E-state index contributed by atoms with van der Waals surface area (Å²) in [5.41, 5.74) is 2.23. The molecule has 8 nitrogen and oxygen atoms in total. The Hall–Kier alpha value is -2.82. The van der Waals surface area contributed by atoms with Crippen molar-refractivity contribution in [1.29, 1.82) is 0 Å². The number of guanidine groups is 1. The molecule has 4 rings (SSSR count). The van der Waals surface area contributed by atoms with Gasteiger partial charge in [-0.2, -0.15) is 0 Å². The van der Waals surface area contributed by atoms with Crippen molar-refractivity contribution in [2.45, 2.75) is 25.9 Å². The third kappa shape index (κ3) is 5.50. The minimum atomic E-state index is 0. The number of aromatic nitrogens is 3. The van der Waals surface area contributed by atoms with Crippen LogP contribution in [0, 0.1) is 6.92 Å². The highest BCUT2D eigenvalue weighted by Gasteiger charge is 2.25. The molecule has 0 aliphatic carbocycles. The molecule has 1 atom stereocenters. The van der Waals surface area contributed by atoms with Crippen LogP contribution in [0.2, 0.25) is 0 Å². The van der Waals surface area contributed by atoms with E-state index in [1.807, 2.05) is 48.1 Å². The van der Waals surface area contributed by atoms with Crippen LogP contribution in [0.15, 0.2) is 60.0 Å². The average molecular weight is 547 g/mol. The Balaban J connectivity index is 0.00000289. The van der Waals surface area contributed by atoms with Gasteiger partial charge in [0.2, 0.25) is 0 Å². The van der Waals surface area contributed by atoms with Crippen molar-refractivity contribution in [1.82, 2.24) is 25.2 Å². The first-order valence-electron chi connectivity index (χ1n) is 10.5. The zero-order valence-corrected chi connectivity index (χ0v) is 21.0. The molecule has 9 heteroatoms. The Morgan fingerprint density at radius 3 is 2.75 bits per heavy atom. The summed E-state index contributed by atoms with van der Waals surface area (Å²) in [4.78, 5) is 15.5. The van der Waals surface area contributed by atoms with Crippen LogP contribution in [-0.2, 0) is 6.54 Å². The molecule has 32 heavy (non-hydrogen) atoms. The first-order valence-corrected chi connectivity index (χ1v) is 10.5. The fourth-order valence-corrected chi connectivity index (χ4v) is 3.85. The standard InChI is InChI=1S/C23H29N7O.HI/c1-17-25-11-13-30(17)22-9-8-18(14-26-22)15-27-23(24-2)28-19-10-12-29(16-19)20-6-4-5-7-21(20)31-3;/h4-9,11,13-14,19H,10,12,15-16H2,1-3H3,(H2,24,27,28);1H. The molecule has 170 valence electrons. The van der Waals surface area contributed by atoms with Gasteiger partial charge in [-0.05, 0) is 37.1 Å². The molecule has 1 aromatic carbocycles. The largest absolute Gasteiger partial charge is 0.495 e. The van der Waals surface area contributed by atoms with E-state index in [0.29, 0.717) is 12.6 Å². The van der Waals surface area contributed by atoms with Crippen LogP contribution in [0.5, 0.6) is 5.75 Å². The molecule has 2 aromatic heterocycles. The highest BCUT2D eigenvalue weighted by Crippen LogP contribution is 2.30. The summed E-state index contributed by atoms with van der Waals surface area (Å²) in [6, 6.07) is 12.6. The number of anilines is 1. The van der Waals surface area contributed by atoms with E-state index in [1.165, 1.54) is 0 Å². The normalized spacial score (nSPS) is 15.9. The lowest BCUT2D eigenvalue weighted by atomic mass is 10.2. The van der Waals surface area contributed by atoms with Gasteiger partial charge in [0, 0.05) is 51.3 Å². The second-order valence-corrected chi connectivity index (χ2v) is 7.54. The highest BCUT2D eigenvalue weighted by molar-refractivity contribution is 14.0. The molecule has 1 aliphatic heterocycles. The van der Waals surface area contributed by atoms with Crippen LogP contribution in [0.4, 0.5) is 5.69 Å². The highest BCUT2D eigenvalue weighted by atomic mass is 127. The van der Waals surface area contributed by atoms with Crippen LogP contribution < -0.4 is 20.3 Å². The van der Waals surface area contributed by atoms with E-state index in [-0.39, 0.29) is 24.0 Å². The first kappa shape index (κ1) is 23.8. The van der Waals surface area contributed by atoms with Gasteiger partial charge in [-0.3, -0.25) is 9.56 Å². The minimum Gasteiger partial charge on any atom is -0.495 e. The van der Waals surface area contributed by atoms with E-state index in [2.05, 4.69) is 42.6 Å². The number of imidazole rings is 1. The van der Waals surface area contributed by atoms with Gasteiger partial charge in [-0.25, -0.2) is 9.97 Å². The molecule has 0 bridgehead atoms. The van der Waals surface area contributed by atoms with Gasteiger partial charge >= 0.3 is 0 Å². The summed E-state index contributed by atoms with van der Waals surface area (Å²) in [6.45, 7) is 4.50. The predicted octanol–water partition coefficient (Wildman–Crippen LogP) is 3.15. The van der Waals surface area contributed by atoms with Crippen LogP contribution >= 0.6 is 24.0 Å². The number of rotatable bonds is 6. The van der Waals surface area contributed by atoms with Gasteiger partial charge in [-0.1, -0.05) is 18.2 Å². The van der Waals surface area contributed by atoms with Crippen molar-refractivity contribution in [2.75, 3.05) is 32.1 Å². The molecule has 0 saturated carbocycles. The van der Waals surface area contributed by atoms with Crippen LogP contribution in [0.1, 0.15) is 17.8 Å². The molecule has 0 amide bonds. The smallest absolute Gasteiger partial charge is 0.191 e. The average Bonchev–Trinajstić information content (AvgIpc) is 3.46. The number of nitrogens with one attached hydrogen (secondary N) is 2. The van der Waals surface area contributed by atoms with Crippen molar-refractivity contribution in [3.05, 3.63) is 66.4 Å². The number of aryl methyl sites for hydroxylation is 1. The van der Waals surface area contributed by atoms with E-state index in [0.717, 1.165) is 54.1 Å². The van der Waals surface area contributed by atoms with Crippen molar-refractivity contribution < 1.29 is 4.74 Å². The Bertz CT molecular complexity index is 1030. The monoisotopic (exact) mass is 547 g/mol. The maximum absolute atomic E-state index is 5.51. The lowest BCUT2D eigenvalue weighted by Crippen LogP contribution is -2.44. The molecule has 1 aliphatic rings.